The van der Waals surface area contributed by atoms with Crippen LogP contribution in [0.5, 0.6) is 0 Å². The van der Waals surface area contributed by atoms with Crippen LogP contribution in [0.25, 0.3) is 11.0 Å². The van der Waals surface area contributed by atoms with E-state index < -0.39 is 17.2 Å². The third-order valence-electron chi connectivity index (χ3n) is 5.49. The van der Waals surface area contributed by atoms with Gasteiger partial charge in [-0.1, -0.05) is 51.3 Å². The second-order valence-electron chi connectivity index (χ2n) is 7.71. The van der Waals surface area contributed by atoms with Crippen LogP contribution in [-0.4, -0.2) is 22.0 Å². The highest BCUT2D eigenvalue weighted by molar-refractivity contribution is 6.08. The molecular formula is C23H30N4O4. The average Bonchev–Trinajstić information content (AvgIpc) is 3.08. The van der Waals surface area contributed by atoms with Crippen LogP contribution in [0.2, 0.25) is 0 Å². The van der Waals surface area contributed by atoms with Crippen LogP contribution < -0.4 is 21.9 Å². The van der Waals surface area contributed by atoms with Crippen molar-refractivity contribution in [3.05, 3.63) is 56.4 Å². The van der Waals surface area contributed by atoms with Crippen LogP contribution in [0.4, 0.5) is 11.5 Å². The fraction of sp³-hybridized carbons (Fsp3) is 0.435. The predicted octanol–water partition coefficient (Wildman–Crippen LogP) is 3.81. The van der Waals surface area contributed by atoms with Crippen molar-refractivity contribution in [3.8, 4) is 0 Å². The molecule has 0 aliphatic heterocycles. The molecule has 2 aromatic heterocycles. The highest BCUT2D eigenvalue weighted by Crippen LogP contribution is 2.28. The number of nitrogens with one attached hydrogen (secondary N) is 1. The van der Waals surface area contributed by atoms with Gasteiger partial charge in [0.25, 0.3) is 11.5 Å². The Morgan fingerprint density at radius 2 is 1.84 bits per heavy atom. The SMILES string of the molecule is CCCCCN(C(=O)c1oc2ccccc2c1C)c1c(N)n(CCCC)c(=O)[nH]c1=O. The lowest BCUT2D eigenvalue weighted by molar-refractivity contribution is 0.0960. The number of furan rings is 1. The minimum Gasteiger partial charge on any atom is -0.451 e. The lowest BCUT2D eigenvalue weighted by Gasteiger charge is -2.24. The number of amides is 1. The molecule has 0 aliphatic carbocycles. The number of unbranched alkanes of at least 4 members (excludes halogenated alkanes) is 3. The quantitative estimate of drug-likeness (QED) is 0.505. The van der Waals surface area contributed by atoms with E-state index in [4.69, 9.17) is 10.2 Å². The third-order valence-corrected chi connectivity index (χ3v) is 5.49. The number of fused-ring (bicyclic) bond motifs is 1. The number of benzene rings is 1. The molecule has 3 aromatic rings. The number of hydrogen-bond donors (Lipinski definition) is 2. The van der Waals surface area contributed by atoms with E-state index in [2.05, 4.69) is 11.9 Å². The molecular weight excluding hydrogens is 396 g/mol. The van der Waals surface area contributed by atoms with Gasteiger partial charge in [-0.05, 0) is 25.8 Å². The standard InChI is InChI=1S/C23H30N4O4/c1-4-6-10-14-26(18-20(24)27(13-7-5-2)23(30)25-21(18)28)22(29)19-15(3)16-11-8-9-12-17(16)31-19/h8-9,11-12H,4-7,10,13-14,24H2,1-3H3,(H,25,28,30). The Morgan fingerprint density at radius 1 is 1.13 bits per heavy atom. The molecule has 31 heavy (non-hydrogen) atoms. The van der Waals surface area contributed by atoms with Gasteiger partial charge in [0, 0.05) is 24.0 Å². The summed E-state index contributed by atoms with van der Waals surface area (Å²) >= 11 is 0. The van der Waals surface area contributed by atoms with Gasteiger partial charge < -0.3 is 10.2 Å². The molecule has 166 valence electrons. The van der Waals surface area contributed by atoms with Crippen LogP contribution in [0.3, 0.4) is 0 Å². The van der Waals surface area contributed by atoms with Crippen molar-refractivity contribution in [3.63, 3.8) is 0 Å². The molecule has 3 N–H and O–H groups in total. The summed E-state index contributed by atoms with van der Waals surface area (Å²) in [5.41, 5.74) is 6.34. The number of aromatic amines is 1. The predicted molar refractivity (Wildman–Crippen MR) is 123 cm³/mol. The molecule has 0 aliphatic rings. The minimum absolute atomic E-state index is 0.000752. The van der Waals surface area contributed by atoms with Crippen molar-refractivity contribution in [1.29, 1.82) is 0 Å². The highest BCUT2D eigenvalue weighted by atomic mass is 16.3. The summed E-state index contributed by atoms with van der Waals surface area (Å²) in [6, 6.07) is 7.40. The Morgan fingerprint density at radius 3 is 2.52 bits per heavy atom. The zero-order valence-electron chi connectivity index (χ0n) is 18.4. The Kier molecular flexibility index (Phi) is 6.99. The lowest BCUT2D eigenvalue weighted by Crippen LogP contribution is -2.41. The van der Waals surface area contributed by atoms with Crippen LogP contribution in [0.1, 0.15) is 62.1 Å². The molecule has 0 spiro atoms. The van der Waals surface area contributed by atoms with E-state index in [-0.39, 0.29) is 17.3 Å². The number of nitrogens with zero attached hydrogens (tertiary/aromatic N) is 2. The fourth-order valence-corrected chi connectivity index (χ4v) is 3.71. The van der Waals surface area contributed by atoms with E-state index >= 15 is 0 Å². The first-order chi connectivity index (χ1) is 14.9. The van der Waals surface area contributed by atoms with Crippen molar-refractivity contribution in [2.45, 2.75) is 59.4 Å². The zero-order valence-corrected chi connectivity index (χ0v) is 18.4. The molecule has 0 radical (unpaired) electrons. The first kappa shape index (κ1) is 22.4. The molecule has 0 bridgehead atoms. The largest absolute Gasteiger partial charge is 0.451 e. The Balaban J connectivity index is 2.13. The first-order valence-electron chi connectivity index (χ1n) is 10.8. The van der Waals surface area contributed by atoms with Crippen molar-refractivity contribution in [2.75, 3.05) is 17.2 Å². The summed E-state index contributed by atoms with van der Waals surface area (Å²) in [6.45, 7) is 6.54. The number of carbonyl (C=O) groups excluding carboxylic acids is 1. The smallest absolute Gasteiger partial charge is 0.330 e. The van der Waals surface area contributed by atoms with Crippen molar-refractivity contribution >= 4 is 28.4 Å². The fourth-order valence-electron chi connectivity index (χ4n) is 3.71. The van der Waals surface area contributed by atoms with E-state index in [9.17, 15) is 14.4 Å². The molecule has 0 saturated heterocycles. The van der Waals surface area contributed by atoms with Gasteiger partial charge in [-0.2, -0.15) is 0 Å². The second-order valence-corrected chi connectivity index (χ2v) is 7.71. The number of nitrogens with two attached hydrogens (primary N) is 1. The van der Waals surface area contributed by atoms with Crippen LogP contribution >= 0.6 is 0 Å². The van der Waals surface area contributed by atoms with Crippen LogP contribution in [0, 0.1) is 6.92 Å². The van der Waals surface area contributed by atoms with Crippen LogP contribution in [-0.2, 0) is 6.54 Å². The summed E-state index contributed by atoms with van der Waals surface area (Å²) in [4.78, 5) is 42.4. The topological polar surface area (TPSA) is 114 Å². The van der Waals surface area contributed by atoms with Gasteiger partial charge in [0.2, 0.25) is 0 Å². The third kappa shape index (κ3) is 4.42. The molecule has 8 nitrogen and oxygen atoms in total. The molecule has 0 unspecified atom stereocenters. The van der Waals surface area contributed by atoms with Gasteiger partial charge in [0.15, 0.2) is 11.4 Å². The minimum atomic E-state index is -0.672. The molecule has 0 atom stereocenters. The van der Waals surface area contributed by atoms with Crippen molar-refractivity contribution in [1.82, 2.24) is 9.55 Å². The van der Waals surface area contributed by atoms with E-state index in [0.29, 0.717) is 30.7 Å². The Hall–Kier alpha value is -3.29. The van der Waals surface area contributed by atoms with E-state index in [1.165, 1.54) is 9.47 Å². The maximum Gasteiger partial charge on any atom is 0.330 e. The average molecular weight is 427 g/mol. The van der Waals surface area contributed by atoms with Gasteiger partial charge in [0.1, 0.15) is 11.4 Å². The number of aromatic nitrogens is 2. The maximum absolute atomic E-state index is 13.6. The maximum atomic E-state index is 13.6. The molecule has 8 heteroatoms. The number of hydrogen-bond acceptors (Lipinski definition) is 5. The monoisotopic (exact) mass is 426 g/mol. The number of carbonyl (C=O) groups is 1. The molecule has 1 aromatic carbocycles. The van der Waals surface area contributed by atoms with Gasteiger partial charge in [-0.15, -0.1) is 0 Å². The van der Waals surface area contributed by atoms with E-state index in [1.807, 2.05) is 32.0 Å². The Labute approximate surface area is 180 Å². The summed E-state index contributed by atoms with van der Waals surface area (Å²) in [7, 11) is 0. The van der Waals surface area contributed by atoms with Gasteiger partial charge in [0.05, 0.1) is 0 Å². The molecule has 3 rings (SSSR count). The van der Waals surface area contributed by atoms with E-state index in [0.717, 1.165) is 31.1 Å². The zero-order chi connectivity index (χ0) is 22.5. The lowest BCUT2D eigenvalue weighted by atomic mass is 10.1. The molecule has 0 fully saturated rings. The first-order valence-corrected chi connectivity index (χ1v) is 10.8. The summed E-state index contributed by atoms with van der Waals surface area (Å²) < 4.78 is 7.18. The summed E-state index contributed by atoms with van der Waals surface area (Å²) in [6.07, 6.45) is 4.11. The number of para-hydroxylation sites is 1. The number of aryl methyl sites for hydroxylation is 1. The summed E-state index contributed by atoms with van der Waals surface area (Å²) in [5, 5.41) is 0.842. The second kappa shape index (κ2) is 9.68. The number of H-pyrrole nitrogens is 1. The number of nitrogen functional groups attached to an aromatic ring is 1. The Bertz CT molecular complexity index is 1190. The van der Waals surface area contributed by atoms with E-state index in [1.54, 1.807) is 6.07 Å². The highest BCUT2D eigenvalue weighted by Gasteiger charge is 2.29. The summed E-state index contributed by atoms with van der Waals surface area (Å²) in [5.74, 6) is -0.272. The molecule has 1 amide bonds. The number of anilines is 2. The van der Waals surface area contributed by atoms with Gasteiger partial charge in [-0.25, -0.2) is 4.79 Å². The van der Waals surface area contributed by atoms with Gasteiger partial charge in [-0.3, -0.25) is 24.0 Å². The molecule has 0 saturated carbocycles. The van der Waals surface area contributed by atoms with Crippen molar-refractivity contribution in [2.24, 2.45) is 0 Å². The molecule has 2 heterocycles. The van der Waals surface area contributed by atoms with Crippen LogP contribution in [0.15, 0.2) is 38.3 Å². The number of rotatable bonds is 9. The normalized spacial score (nSPS) is 11.2. The van der Waals surface area contributed by atoms with Crippen molar-refractivity contribution < 1.29 is 9.21 Å². The van der Waals surface area contributed by atoms with Gasteiger partial charge >= 0.3 is 5.69 Å².